The molecule has 0 bridgehead atoms. The minimum absolute atomic E-state index is 1.15. The number of hydrogen-bond acceptors (Lipinski definition) is 0. The van der Waals surface area contributed by atoms with E-state index in [-0.39, 0.29) is 0 Å². The summed E-state index contributed by atoms with van der Waals surface area (Å²) >= 11 is 0. The summed E-state index contributed by atoms with van der Waals surface area (Å²) in [6, 6.07) is 10.5. The molecule has 3 rings (SSSR count). The van der Waals surface area contributed by atoms with Crippen LogP contribution in [0, 0.1) is 0 Å². The molecule has 0 unspecified atom stereocenters. The van der Waals surface area contributed by atoms with E-state index in [9.17, 15) is 0 Å². The van der Waals surface area contributed by atoms with E-state index in [1.54, 1.807) is 0 Å². The quantitative estimate of drug-likeness (QED) is 0.516. The molecular formula is C10H8N2. The molecule has 0 aliphatic heterocycles. The Kier molecular flexibility index (Phi) is 0.939. The first-order chi connectivity index (χ1) is 5.95. The van der Waals surface area contributed by atoms with Gasteiger partial charge in [0.25, 0.3) is 0 Å². The van der Waals surface area contributed by atoms with Crippen LogP contribution in [0.1, 0.15) is 0 Å². The van der Waals surface area contributed by atoms with Crippen molar-refractivity contribution < 1.29 is 0 Å². The molecule has 0 amide bonds. The Morgan fingerprint density at radius 3 is 3.08 bits per heavy atom. The summed E-state index contributed by atoms with van der Waals surface area (Å²) in [6.07, 6.45) is 3.99. The molecule has 2 nitrogen and oxygen atoms in total. The van der Waals surface area contributed by atoms with E-state index >= 15 is 0 Å². The Labute approximate surface area is 69.4 Å². The number of fused-ring (bicyclic) bond motifs is 3. The maximum atomic E-state index is 3.17. The maximum absolute atomic E-state index is 3.17. The van der Waals surface area contributed by atoms with Crippen molar-refractivity contribution in [3.05, 3.63) is 42.7 Å². The molecule has 0 radical (unpaired) electrons. The second kappa shape index (κ2) is 1.91. The SMILES string of the molecule is c1ccc2c(c1)cc1[nH]ccn12. The van der Waals surface area contributed by atoms with Gasteiger partial charge in [-0.2, -0.15) is 0 Å². The summed E-state index contributed by atoms with van der Waals surface area (Å²) in [5.41, 5.74) is 2.41. The fraction of sp³-hybridized carbons (Fsp3) is 0. The monoisotopic (exact) mass is 156 g/mol. The first-order valence-corrected chi connectivity index (χ1v) is 3.98. The van der Waals surface area contributed by atoms with Crippen molar-refractivity contribution >= 4 is 16.6 Å². The highest BCUT2D eigenvalue weighted by Crippen LogP contribution is 2.17. The zero-order valence-corrected chi connectivity index (χ0v) is 6.49. The highest BCUT2D eigenvalue weighted by Gasteiger charge is 1.99. The minimum atomic E-state index is 1.15. The second-order valence-corrected chi connectivity index (χ2v) is 2.92. The van der Waals surface area contributed by atoms with Crippen molar-refractivity contribution in [2.75, 3.05) is 0 Å². The van der Waals surface area contributed by atoms with Crippen LogP contribution >= 0.6 is 0 Å². The Hall–Kier alpha value is -1.70. The van der Waals surface area contributed by atoms with Gasteiger partial charge in [-0.25, -0.2) is 0 Å². The van der Waals surface area contributed by atoms with Crippen molar-refractivity contribution in [3.63, 3.8) is 0 Å². The first kappa shape index (κ1) is 5.89. The van der Waals surface area contributed by atoms with Gasteiger partial charge in [0.15, 0.2) is 0 Å². The van der Waals surface area contributed by atoms with Crippen LogP contribution in [0.3, 0.4) is 0 Å². The standard InChI is InChI=1S/C10H8N2/c1-2-4-9-8(3-1)7-10-11-5-6-12(9)10/h1-7,11H. The van der Waals surface area contributed by atoms with Gasteiger partial charge in [0.05, 0.1) is 5.52 Å². The highest BCUT2D eigenvalue weighted by atomic mass is 15.0. The second-order valence-electron chi connectivity index (χ2n) is 2.92. The van der Waals surface area contributed by atoms with Gasteiger partial charge in [0.2, 0.25) is 0 Å². The van der Waals surface area contributed by atoms with Crippen LogP contribution in [0.5, 0.6) is 0 Å². The lowest BCUT2D eigenvalue weighted by molar-refractivity contribution is 1.29. The van der Waals surface area contributed by atoms with Crippen LogP contribution in [0.4, 0.5) is 0 Å². The first-order valence-electron chi connectivity index (χ1n) is 3.98. The van der Waals surface area contributed by atoms with Crippen molar-refractivity contribution in [3.8, 4) is 0 Å². The van der Waals surface area contributed by atoms with Gasteiger partial charge in [-0.15, -0.1) is 0 Å². The summed E-state index contributed by atoms with van der Waals surface area (Å²) in [5.74, 6) is 0. The summed E-state index contributed by atoms with van der Waals surface area (Å²) < 4.78 is 2.15. The topological polar surface area (TPSA) is 20.2 Å². The number of rotatable bonds is 0. The van der Waals surface area contributed by atoms with E-state index in [1.165, 1.54) is 10.9 Å². The predicted molar refractivity (Wildman–Crippen MR) is 49.3 cm³/mol. The minimum Gasteiger partial charge on any atom is -0.346 e. The third-order valence-electron chi connectivity index (χ3n) is 2.20. The van der Waals surface area contributed by atoms with Crippen molar-refractivity contribution in [1.82, 2.24) is 9.38 Å². The number of aromatic amines is 1. The molecule has 1 N–H and O–H groups in total. The molecule has 12 heavy (non-hydrogen) atoms. The smallest absolute Gasteiger partial charge is 0.115 e. The molecule has 0 saturated heterocycles. The van der Waals surface area contributed by atoms with Gasteiger partial charge in [0.1, 0.15) is 5.65 Å². The lowest BCUT2D eigenvalue weighted by atomic mass is 10.2. The number of nitrogens with one attached hydrogen (secondary N) is 1. The number of imidazole rings is 1. The van der Waals surface area contributed by atoms with E-state index in [0.717, 1.165) is 5.65 Å². The van der Waals surface area contributed by atoms with Gasteiger partial charge < -0.3 is 9.38 Å². The number of aromatic nitrogens is 2. The van der Waals surface area contributed by atoms with E-state index in [2.05, 4.69) is 39.7 Å². The van der Waals surface area contributed by atoms with Gasteiger partial charge in [-0.05, 0) is 12.1 Å². The molecule has 58 valence electrons. The summed E-state index contributed by atoms with van der Waals surface area (Å²) in [7, 11) is 0. The van der Waals surface area contributed by atoms with Crippen molar-refractivity contribution in [2.24, 2.45) is 0 Å². The fourth-order valence-electron chi connectivity index (χ4n) is 1.64. The average Bonchev–Trinajstić information content (AvgIpc) is 2.62. The summed E-state index contributed by atoms with van der Waals surface area (Å²) in [6.45, 7) is 0. The number of para-hydroxylation sites is 1. The van der Waals surface area contributed by atoms with E-state index in [4.69, 9.17) is 0 Å². The molecule has 0 aliphatic rings. The molecule has 2 heteroatoms. The Bertz CT molecular complexity index is 530. The number of H-pyrrole nitrogens is 1. The Morgan fingerprint density at radius 2 is 2.08 bits per heavy atom. The van der Waals surface area contributed by atoms with E-state index < -0.39 is 0 Å². The molecule has 3 aromatic rings. The van der Waals surface area contributed by atoms with Gasteiger partial charge in [0, 0.05) is 17.8 Å². The lowest BCUT2D eigenvalue weighted by Gasteiger charge is -1.88. The van der Waals surface area contributed by atoms with Crippen LogP contribution in [-0.4, -0.2) is 9.38 Å². The number of nitrogens with zero attached hydrogens (tertiary/aromatic N) is 1. The lowest BCUT2D eigenvalue weighted by Crippen LogP contribution is -1.74. The van der Waals surface area contributed by atoms with E-state index in [0.29, 0.717) is 0 Å². The predicted octanol–water partition coefficient (Wildman–Crippen LogP) is 2.42. The van der Waals surface area contributed by atoms with E-state index in [1.807, 2.05) is 12.4 Å². The number of hydrogen-bond donors (Lipinski definition) is 1. The third-order valence-corrected chi connectivity index (χ3v) is 2.20. The molecule has 0 spiro atoms. The molecule has 1 aromatic carbocycles. The fourth-order valence-corrected chi connectivity index (χ4v) is 1.64. The van der Waals surface area contributed by atoms with Crippen LogP contribution in [-0.2, 0) is 0 Å². The van der Waals surface area contributed by atoms with Crippen LogP contribution in [0.25, 0.3) is 16.6 Å². The zero-order chi connectivity index (χ0) is 7.97. The van der Waals surface area contributed by atoms with Gasteiger partial charge in [-0.1, -0.05) is 18.2 Å². The van der Waals surface area contributed by atoms with Crippen LogP contribution in [0.15, 0.2) is 42.7 Å². The largest absolute Gasteiger partial charge is 0.346 e. The molecule has 0 fully saturated rings. The molecule has 2 heterocycles. The third kappa shape index (κ3) is 0.593. The average molecular weight is 156 g/mol. The Morgan fingerprint density at radius 1 is 1.17 bits per heavy atom. The zero-order valence-electron chi connectivity index (χ0n) is 6.49. The van der Waals surface area contributed by atoms with Crippen LogP contribution < -0.4 is 0 Å². The molecule has 0 aliphatic carbocycles. The summed E-state index contributed by atoms with van der Waals surface area (Å²) in [5, 5.41) is 1.28. The van der Waals surface area contributed by atoms with Crippen molar-refractivity contribution in [2.45, 2.75) is 0 Å². The highest BCUT2D eigenvalue weighted by molar-refractivity contribution is 5.85. The normalized spacial score (nSPS) is 11.3. The maximum Gasteiger partial charge on any atom is 0.115 e. The number of benzene rings is 1. The molecular weight excluding hydrogens is 148 g/mol. The Balaban J connectivity index is 2.68. The van der Waals surface area contributed by atoms with Gasteiger partial charge >= 0.3 is 0 Å². The molecule has 0 saturated carbocycles. The molecule has 0 atom stereocenters. The summed E-state index contributed by atoms with van der Waals surface area (Å²) in [4.78, 5) is 3.17. The van der Waals surface area contributed by atoms with Crippen molar-refractivity contribution in [1.29, 1.82) is 0 Å². The van der Waals surface area contributed by atoms with Gasteiger partial charge in [-0.3, -0.25) is 0 Å². The van der Waals surface area contributed by atoms with Crippen LogP contribution in [0.2, 0.25) is 0 Å². The molecule has 2 aromatic heterocycles.